The van der Waals surface area contributed by atoms with Crippen molar-refractivity contribution >= 4 is 5.69 Å². The summed E-state index contributed by atoms with van der Waals surface area (Å²) in [6.45, 7) is 5.05. The summed E-state index contributed by atoms with van der Waals surface area (Å²) in [5, 5.41) is 0. The van der Waals surface area contributed by atoms with E-state index < -0.39 is 0 Å². The Balaban J connectivity index is 2.40. The van der Waals surface area contributed by atoms with Crippen molar-refractivity contribution < 1.29 is 4.39 Å². The van der Waals surface area contributed by atoms with Gasteiger partial charge in [0.15, 0.2) is 0 Å². The van der Waals surface area contributed by atoms with Crippen LogP contribution in [0.3, 0.4) is 0 Å². The van der Waals surface area contributed by atoms with Gasteiger partial charge in [-0.3, -0.25) is 0 Å². The second-order valence-corrected chi connectivity index (χ2v) is 5.00. The van der Waals surface area contributed by atoms with Gasteiger partial charge in [0.05, 0.1) is 0 Å². The van der Waals surface area contributed by atoms with Gasteiger partial charge in [-0.05, 0) is 45.2 Å². The van der Waals surface area contributed by atoms with Gasteiger partial charge in [0, 0.05) is 29.9 Å². The van der Waals surface area contributed by atoms with Crippen LogP contribution in [0.2, 0.25) is 0 Å². The lowest BCUT2D eigenvalue weighted by molar-refractivity contribution is 0.480. The topological polar surface area (TPSA) is 29.3 Å². The predicted octanol–water partition coefficient (Wildman–Crippen LogP) is 3.22. The van der Waals surface area contributed by atoms with Crippen molar-refractivity contribution in [1.82, 2.24) is 0 Å². The molecule has 0 aliphatic carbocycles. The molecule has 1 aromatic carbocycles. The standard InChI is InChI=1S/C14H21FN2/c1-10-6-3-4-9-17(10)13-8-5-7-12(15)14(13)11(2)16/h5,7-8,10-11H,3-4,6,9,16H2,1-2H3. The molecule has 0 aromatic heterocycles. The molecule has 1 aromatic rings. The molecule has 1 heterocycles. The quantitative estimate of drug-likeness (QED) is 0.854. The Labute approximate surface area is 103 Å². The Morgan fingerprint density at radius 1 is 1.41 bits per heavy atom. The van der Waals surface area contributed by atoms with Gasteiger partial charge in [-0.1, -0.05) is 6.07 Å². The molecular weight excluding hydrogens is 215 g/mol. The van der Waals surface area contributed by atoms with Crippen molar-refractivity contribution in [1.29, 1.82) is 0 Å². The SMILES string of the molecule is CC(N)c1c(F)cccc1N1CCCCC1C. The Bertz CT molecular complexity index is 390. The highest BCUT2D eigenvalue weighted by molar-refractivity contribution is 5.56. The third-order valence-corrected chi connectivity index (χ3v) is 3.60. The largest absolute Gasteiger partial charge is 0.368 e. The normalized spacial score (nSPS) is 22.6. The molecule has 2 N–H and O–H groups in total. The number of hydrogen-bond donors (Lipinski definition) is 1. The van der Waals surface area contributed by atoms with Gasteiger partial charge in [-0.2, -0.15) is 0 Å². The van der Waals surface area contributed by atoms with Gasteiger partial charge < -0.3 is 10.6 Å². The Morgan fingerprint density at radius 3 is 2.82 bits per heavy atom. The van der Waals surface area contributed by atoms with E-state index in [4.69, 9.17) is 5.73 Å². The van der Waals surface area contributed by atoms with Gasteiger partial charge in [-0.25, -0.2) is 4.39 Å². The molecule has 2 nitrogen and oxygen atoms in total. The number of piperidine rings is 1. The molecule has 17 heavy (non-hydrogen) atoms. The average Bonchev–Trinajstić information content (AvgIpc) is 2.28. The van der Waals surface area contributed by atoms with Crippen molar-refractivity contribution in [2.24, 2.45) is 5.73 Å². The lowest BCUT2D eigenvalue weighted by Gasteiger charge is -2.37. The third-order valence-electron chi connectivity index (χ3n) is 3.60. The number of benzene rings is 1. The molecule has 3 heteroatoms. The van der Waals surface area contributed by atoms with E-state index in [-0.39, 0.29) is 11.9 Å². The first-order chi connectivity index (χ1) is 8.11. The zero-order valence-electron chi connectivity index (χ0n) is 10.6. The molecule has 0 saturated carbocycles. The molecule has 2 unspecified atom stereocenters. The molecule has 0 radical (unpaired) electrons. The van der Waals surface area contributed by atoms with Gasteiger partial charge in [0.25, 0.3) is 0 Å². The fourth-order valence-electron chi connectivity index (χ4n) is 2.68. The van der Waals surface area contributed by atoms with Crippen LogP contribution in [0.15, 0.2) is 18.2 Å². The van der Waals surface area contributed by atoms with Crippen molar-refractivity contribution in [2.75, 3.05) is 11.4 Å². The Kier molecular flexibility index (Phi) is 3.67. The lowest BCUT2D eigenvalue weighted by Crippen LogP contribution is -2.38. The first kappa shape index (κ1) is 12.4. The number of rotatable bonds is 2. The highest BCUT2D eigenvalue weighted by atomic mass is 19.1. The minimum Gasteiger partial charge on any atom is -0.368 e. The maximum Gasteiger partial charge on any atom is 0.130 e. The van der Waals surface area contributed by atoms with Crippen LogP contribution in [0.4, 0.5) is 10.1 Å². The average molecular weight is 236 g/mol. The third kappa shape index (κ3) is 2.44. The van der Waals surface area contributed by atoms with Crippen molar-refractivity contribution in [3.8, 4) is 0 Å². The summed E-state index contributed by atoms with van der Waals surface area (Å²) < 4.78 is 13.9. The van der Waals surface area contributed by atoms with E-state index in [1.807, 2.05) is 13.0 Å². The number of anilines is 1. The first-order valence-electron chi connectivity index (χ1n) is 6.42. The van der Waals surface area contributed by atoms with E-state index in [9.17, 15) is 4.39 Å². The van der Waals surface area contributed by atoms with E-state index >= 15 is 0 Å². The highest BCUT2D eigenvalue weighted by Gasteiger charge is 2.23. The van der Waals surface area contributed by atoms with Crippen LogP contribution in [0.25, 0.3) is 0 Å². The number of hydrogen-bond acceptors (Lipinski definition) is 2. The molecule has 1 aliphatic rings. The fourth-order valence-corrected chi connectivity index (χ4v) is 2.68. The van der Waals surface area contributed by atoms with Crippen LogP contribution in [-0.2, 0) is 0 Å². The fraction of sp³-hybridized carbons (Fsp3) is 0.571. The van der Waals surface area contributed by atoms with Crippen LogP contribution in [0.5, 0.6) is 0 Å². The minimum atomic E-state index is -0.264. The van der Waals surface area contributed by atoms with Crippen LogP contribution in [0.1, 0.15) is 44.7 Å². The van der Waals surface area contributed by atoms with Crippen LogP contribution < -0.4 is 10.6 Å². The summed E-state index contributed by atoms with van der Waals surface area (Å²) in [5.41, 5.74) is 7.53. The molecular formula is C14H21FN2. The predicted molar refractivity (Wildman–Crippen MR) is 69.7 cm³/mol. The summed E-state index contributed by atoms with van der Waals surface area (Å²) in [6, 6.07) is 5.47. The highest BCUT2D eigenvalue weighted by Crippen LogP contribution is 2.32. The zero-order chi connectivity index (χ0) is 12.4. The van der Waals surface area contributed by atoms with Crippen molar-refractivity contribution in [2.45, 2.75) is 45.2 Å². The second kappa shape index (κ2) is 5.05. The molecule has 1 aliphatic heterocycles. The van der Waals surface area contributed by atoms with Crippen LogP contribution >= 0.6 is 0 Å². The Hall–Kier alpha value is -1.09. The zero-order valence-corrected chi connectivity index (χ0v) is 10.6. The summed E-state index contributed by atoms with van der Waals surface area (Å²) in [7, 11) is 0. The summed E-state index contributed by atoms with van der Waals surface area (Å²) in [5.74, 6) is -0.185. The second-order valence-electron chi connectivity index (χ2n) is 5.00. The molecule has 0 bridgehead atoms. The van der Waals surface area contributed by atoms with E-state index in [1.54, 1.807) is 6.07 Å². The monoisotopic (exact) mass is 236 g/mol. The molecule has 1 saturated heterocycles. The van der Waals surface area contributed by atoms with E-state index in [1.165, 1.54) is 25.3 Å². The minimum absolute atomic E-state index is 0.185. The van der Waals surface area contributed by atoms with Gasteiger partial charge in [0.1, 0.15) is 5.82 Å². The molecule has 0 spiro atoms. The first-order valence-corrected chi connectivity index (χ1v) is 6.42. The lowest BCUT2D eigenvalue weighted by atomic mass is 9.99. The van der Waals surface area contributed by atoms with Gasteiger partial charge in [0.2, 0.25) is 0 Å². The number of nitrogens with zero attached hydrogens (tertiary/aromatic N) is 1. The van der Waals surface area contributed by atoms with Gasteiger partial charge in [-0.15, -0.1) is 0 Å². The van der Waals surface area contributed by atoms with E-state index in [0.29, 0.717) is 11.6 Å². The number of nitrogens with two attached hydrogens (primary N) is 1. The van der Waals surface area contributed by atoms with Crippen molar-refractivity contribution in [3.05, 3.63) is 29.6 Å². The molecule has 2 atom stereocenters. The van der Waals surface area contributed by atoms with Crippen LogP contribution in [0, 0.1) is 5.82 Å². The smallest absolute Gasteiger partial charge is 0.130 e. The molecule has 1 fully saturated rings. The molecule has 0 amide bonds. The summed E-state index contributed by atoms with van der Waals surface area (Å²) >= 11 is 0. The summed E-state index contributed by atoms with van der Waals surface area (Å²) in [6.07, 6.45) is 3.62. The summed E-state index contributed by atoms with van der Waals surface area (Å²) in [4.78, 5) is 2.30. The van der Waals surface area contributed by atoms with E-state index in [0.717, 1.165) is 12.2 Å². The van der Waals surface area contributed by atoms with Crippen molar-refractivity contribution in [3.63, 3.8) is 0 Å². The number of halogens is 1. The van der Waals surface area contributed by atoms with E-state index in [2.05, 4.69) is 11.8 Å². The Morgan fingerprint density at radius 2 is 2.18 bits per heavy atom. The maximum absolute atomic E-state index is 13.9. The maximum atomic E-state index is 13.9. The molecule has 94 valence electrons. The van der Waals surface area contributed by atoms with Gasteiger partial charge >= 0.3 is 0 Å². The molecule has 2 rings (SSSR count). The van der Waals surface area contributed by atoms with Crippen LogP contribution in [-0.4, -0.2) is 12.6 Å².